The van der Waals surface area contributed by atoms with Crippen molar-refractivity contribution in [2.24, 2.45) is 0 Å². The first-order chi connectivity index (χ1) is 9.74. The number of nitrogens with zero attached hydrogens (tertiary/aromatic N) is 2. The SMILES string of the molecule is CCCCN(CCCO)Cc1nc2c(F)cccc2[nH]1. The largest absolute Gasteiger partial charge is 0.396 e. The highest BCUT2D eigenvalue weighted by Gasteiger charge is 2.11. The number of unbranched alkanes of at least 4 members (excludes halogenated alkanes) is 1. The number of imidazole rings is 1. The number of aliphatic hydroxyl groups excluding tert-OH is 1. The molecule has 0 spiro atoms. The third-order valence-electron chi connectivity index (χ3n) is 3.35. The molecule has 0 atom stereocenters. The highest BCUT2D eigenvalue weighted by Crippen LogP contribution is 2.16. The van der Waals surface area contributed by atoms with E-state index >= 15 is 0 Å². The van der Waals surface area contributed by atoms with E-state index in [0.717, 1.165) is 43.7 Å². The van der Waals surface area contributed by atoms with Gasteiger partial charge in [-0.1, -0.05) is 19.4 Å². The van der Waals surface area contributed by atoms with E-state index in [9.17, 15) is 4.39 Å². The molecule has 0 saturated carbocycles. The van der Waals surface area contributed by atoms with Gasteiger partial charge >= 0.3 is 0 Å². The van der Waals surface area contributed by atoms with Crippen LogP contribution >= 0.6 is 0 Å². The van der Waals surface area contributed by atoms with Gasteiger partial charge in [-0.05, 0) is 31.5 Å². The molecule has 5 heteroatoms. The Hall–Kier alpha value is -1.46. The van der Waals surface area contributed by atoms with Gasteiger partial charge in [0.2, 0.25) is 0 Å². The van der Waals surface area contributed by atoms with Crippen molar-refractivity contribution in [1.29, 1.82) is 0 Å². The van der Waals surface area contributed by atoms with Crippen LogP contribution in [0.15, 0.2) is 18.2 Å². The number of aliphatic hydroxyl groups is 1. The van der Waals surface area contributed by atoms with Crippen LogP contribution in [0.25, 0.3) is 11.0 Å². The standard InChI is InChI=1S/C15H22FN3O/c1-2-3-8-19(9-5-10-20)11-14-17-13-7-4-6-12(16)15(13)18-14/h4,6-7,20H,2-3,5,8-11H2,1H3,(H,17,18). The van der Waals surface area contributed by atoms with Gasteiger partial charge in [0.25, 0.3) is 0 Å². The first-order valence-electron chi connectivity index (χ1n) is 7.21. The van der Waals surface area contributed by atoms with Gasteiger partial charge in [0, 0.05) is 13.2 Å². The summed E-state index contributed by atoms with van der Waals surface area (Å²) < 4.78 is 13.6. The number of rotatable bonds is 8. The first kappa shape index (κ1) is 14.9. The zero-order chi connectivity index (χ0) is 14.4. The van der Waals surface area contributed by atoms with E-state index in [-0.39, 0.29) is 12.4 Å². The number of aromatic nitrogens is 2. The molecule has 0 fully saturated rings. The van der Waals surface area contributed by atoms with Crippen LogP contribution in [0.5, 0.6) is 0 Å². The molecular weight excluding hydrogens is 257 g/mol. The van der Waals surface area contributed by atoms with Crippen molar-refractivity contribution in [1.82, 2.24) is 14.9 Å². The summed E-state index contributed by atoms with van der Waals surface area (Å²) in [6.07, 6.45) is 2.99. The monoisotopic (exact) mass is 279 g/mol. The molecule has 0 saturated heterocycles. The molecule has 0 amide bonds. The Bertz CT molecular complexity index is 533. The maximum atomic E-state index is 13.6. The molecule has 1 aromatic carbocycles. The van der Waals surface area contributed by atoms with Crippen molar-refractivity contribution < 1.29 is 9.50 Å². The van der Waals surface area contributed by atoms with E-state index in [2.05, 4.69) is 21.8 Å². The highest BCUT2D eigenvalue weighted by molar-refractivity contribution is 5.75. The smallest absolute Gasteiger partial charge is 0.151 e. The molecule has 0 bridgehead atoms. The number of H-pyrrole nitrogens is 1. The number of aromatic amines is 1. The second-order valence-electron chi connectivity index (χ2n) is 5.03. The van der Waals surface area contributed by atoms with Gasteiger partial charge in [-0.2, -0.15) is 0 Å². The third kappa shape index (κ3) is 3.77. The molecule has 4 nitrogen and oxygen atoms in total. The van der Waals surface area contributed by atoms with Gasteiger partial charge in [-0.15, -0.1) is 0 Å². The van der Waals surface area contributed by atoms with E-state index in [1.54, 1.807) is 6.07 Å². The Labute approximate surface area is 118 Å². The minimum Gasteiger partial charge on any atom is -0.396 e. The summed E-state index contributed by atoms with van der Waals surface area (Å²) in [5.41, 5.74) is 1.14. The van der Waals surface area contributed by atoms with Crippen molar-refractivity contribution in [3.63, 3.8) is 0 Å². The summed E-state index contributed by atoms with van der Waals surface area (Å²) in [5, 5.41) is 8.96. The second-order valence-corrected chi connectivity index (χ2v) is 5.03. The van der Waals surface area contributed by atoms with Crippen LogP contribution in [-0.2, 0) is 6.54 Å². The summed E-state index contributed by atoms with van der Waals surface area (Å²) in [4.78, 5) is 9.74. The average Bonchev–Trinajstić information content (AvgIpc) is 2.86. The number of nitrogens with one attached hydrogen (secondary N) is 1. The molecule has 20 heavy (non-hydrogen) atoms. The Balaban J connectivity index is 2.08. The van der Waals surface area contributed by atoms with Crippen LogP contribution in [0.4, 0.5) is 4.39 Å². The van der Waals surface area contributed by atoms with Gasteiger partial charge in [-0.25, -0.2) is 9.37 Å². The molecule has 2 N–H and O–H groups in total. The fourth-order valence-corrected chi connectivity index (χ4v) is 2.28. The van der Waals surface area contributed by atoms with Crippen LogP contribution in [-0.4, -0.2) is 39.7 Å². The predicted molar refractivity (Wildman–Crippen MR) is 77.9 cm³/mol. The zero-order valence-electron chi connectivity index (χ0n) is 11.9. The van der Waals surface area contributed by atoms with E-state index < -0.39 is 0 Å². The van der Waals surface area contributed by atoms with E-state index in [0.29, 0.717) is 12.1 Å². The van der Waals surface area contributed by atoms with Gasteiger partial charge in [0.05, 0.1) is 12.1 Å². The molecule has 2 aromatic rings. The molecule has 0 aliphatic heterocycles. The van der Waals surface area contributed by atoms with Gasteiger partial charge in [0.1, 0.15) is 11.3 Å². The maximum absolute atomic E-state index is 13.6. The van der Waals surface area contributed by atoms with Crippen molar-refractivity contribution in [3.8, 4) is 0 Å². The molecule has 0 unspecified atom stereocenters. The van der Waals surface area contributed by atoms with Crippen LogP contribution in [0.1, 0.15) is 32.0 Å². The van der Waals surface area contributed by atoms with Crippen LogP contribution < -0.4 is 0 Å². The zero-order valence-corrected chi connectivity index (χ0v) is 11.9. The summed E-state index contributed by atoms with van der Waals surface area (Å²) in [5.74, 6) is 0.486. The normalized spacial score (nSPS) is 11.6. The molecule has 110 valence electrons. The molecule has 1 heterocycles. The van der Waals surface area contributed by atoms with Crippen LogP contribution in [0, 0.1) is 5.82 Å². The number of halogens is 1. The lowest BCUT2D eigenvalue weighted by Crippen LogP contribution is -2.26. The van der Waals surface area contributed by atoms with E-state index in [1.165, 1.54) is 6.07 Å². The van der Waals surface area contributed by atoms with Crippen molar-refractivity contribution in [2.75, 3.05) is 19.7 Å². The van der Waals surface area contributed by atoms with E-state index in [4.69, 9.17) is 5.11 Å². The molecule has 2 rings (SSSR count). The predicted octanol–water partition coefficient (Wildman–Crippen LogP) is 2.69. The Morgan fingerprint density at radius 2 is 2.10 bits per heavy atom. The lowest BCUT2D eigenvalue weighted by atomic mass is 10.3. The number of benzene rings is 1. The Morgan fingerprint density at radius 3 is 2.80 bits per heavy atom. The van der Waals surface area contributed by atoms with Gasteiger partial charge in [-0.3, -0.25) is 4.90 Å². The quantitative estimate of drug-likeness (QED) is 0.781. The fourth-order valence-electron chi connectivity index (χ4n) is 2.28. The van der Waals surface area contributed by atoms with Crippen LogP contribution in [0.2, 0.25) is 0 Å². The highest BCUT2D eigenvalue weighted by atomic mass is 19.1. The average molecular weight is 279 g/mol. The van der Waals surface area contributed by atoms with Gasteiger partial charge < -0.3 is 10.1 Å². The fraction of sp³-hybridized carbons (Fsp3) is 0.533. The number of fused-ring (bicyclic) bond motifs is 1. The number of para-hydroxylation sites is 1. The summed E-state index contributed by atoms with van der Waals surface area (Å²) in [6.45, 7) is 4.80. The van der Waals surface area contributed by atoms with Crippen molar-refractivity contribution in [3.05, 3.63) is 29.8 Å². The summed E-state index contributed by atoms with van der Waals surface area (Å²) >= 11 is 0. The molecular formula is C15H22FN3O. The van der Waals surface area contributed by atoms with E-state index in [1.807, 2.05) is 6.07 Å². The topological polar surface area (TPSA) is 52.1 Å². The van der Waals surface area contributed by atoms with Crippen LogP contribution in [0.3, 0.4) is 0 Å². The summed E-state index contributed by atoms with van der Waals surface area (Å²) in [6, 6.07) is 4.94. The molecule has 0 radical (unpaired) electrons. The maximum Gasteiger partial charge on any atom is 0.151 e. The molecule has 0 aliphatic carbocycles. The Morgan fingerprint density at radius 1 is 1.30 bits per heavy atom. The lowest BCUT2D eigenvalue weighted by molar-refractivity contribution is 0.213. The lowest BCUT2D eigenvalue weighted by Gasteiger charge is -2.20. The molecule has 0 aliphatic rings. The minimum atomic E-state index is -0.291. The molecule has 1 aromatic heterocycles. The number of hydrogen-bond acceptors (Lipinski definition) is 3. The van der Waals surface area contributed by atoms with Crippen molar-refractivity contribution in [2.45, 2.75) is 32.7 Å². The Kier molecular flexibility index (Phi) is 5.49. The van der Waals surface area contributed by atoms with Crippen molar-refractivity contribution >= 4 is 11.0 Å². The third-order valence-corrected chi connectivity index (χ3v) is 3.35. The second kappa shape index (κ2) is 7.36. The minimum absolute atomic E-state index is 0.192. The summed E-state index contributed by atoms with van der Waals surface area (Å²) in [7, 11) is 0. The first-order valence-corrected chi connectivity index (χ1v) is 7.21. The number of hydrogen-bond donors (Lipinski definition) is 2. The van der Waals surface area contributed by atoms with Gasteiger partial charge in [0.15, 0.2) is 5.82 Å².